The molecular weight excluding hydrogens is 720 g/mol. The van der Waals surface area contributed by atoms with Crippen molar-refractivity contribution in [1.82, 2.24) is 0 Å². The number of rotatable bonds is 9. The Balaban J connectivity index is 1.27. The third-order valence-electron chi connectivity index (χ3n) is 10.3. The number of halogens is 3. The second-order valence-corrected chi connectivity index (χ2v) is 18.1. The molecule has 0 aliphatic carbocycles. The smallest absolute Gasteiger partial charge is 0.127 e. The summed E-state index contributed by atoms with van der Waals surface area (Å²) in [5.41, 5.74) is 9.59. The van der Waals surface area contributed by atoms with Gasteiger partial charge in [-0.3, -0.25) is 0 Å². The van der Waals surface area contributed by atoms with E-state index in [0.717, 1.165) is 50.4 Å². The first-order chi connectivity index (χ1) is 27.3. The SMILES string of the molecule is CC(C)(C)c1ccc(/C=C/c2ccc(N(c3ccc(/C=C/c4ccc(C(C)(C)C)c(F)c4)cc3)c3ccc(/C=C/c4ccc(C(C)(C)C)c(F)c4)cc3)cc2)cc1F. The molecule has 58 heavy (non-hydrogen) atoms. The lowest BCUT2D eigenvalue weighted by Gasteiger charge is -2.26. The van der Waals surface area contributed by atoms with Crippen molar-refractivity contribution in [3.63, 3.8) is 0 Å². The summed E-state index contributed by atoms with van der Waals surface area (Å²) in [6.07, 6.45) is 11.8. The van der Waals surface area contributed by atoms with Gasteiger partial charge in [-0.1, -0.05) is 172 Å². The van der Waals surface area contributed by atoms with Gasteiger partial charge in [0.05, 0.1) is 0 Å². The summed E-state index contributed by atoms with van der Waals surface area (Å²) >= 11 is 0. The zero-order valence-electron chi connectivity index (χ0n) is 35.2. The molecule has 0 aromatic heterocycles. The lowest BCUT2D eigenvalue weighted by atomic mass is 9.86. The van der Waals surface area contributed by atoms with E-state index in [9.17, 15) is 13.2 Å². The van der Waals surface area contributed by atoms with Crippen LogP contribution in [0.2, 0.25) is 0 Å². The van der Waals surface area contributed by atoms with Gasteiger partial charge in [0.1, 0.15) is 17.5 Å². The molecule has 6 rings (SSSR count). The summed E-state index contributed by atoms with van der Waals surface area (Å²) in [7, 11) is 0. The van der Waals surface area contributed by atoms with E-state index in [4.69, 9.17) is 0 Å². The molecule has 6 aromatic rings. The quantitative estimate of drug-likeness (QED) is 0.132. The van der Waals surface area contributed by atoms with Crippen LogP contribution in [-0.4, -0.2) is 0 Å². The minimum Gasteiger partial charge on any atom is -0.311 e. The Hall–Kier alpha value is -5.87. The highest BCUT2D eigenvalue weighted by molar-refractivity contribution is 5.80. The van der Waals surface area contributed by atoms with Crippen LogP contribution in [0.5, 0.6) is 0 Å². The molecule has 0 spiro atoms. The van der Waals surface area contributed by atoms with Crippen molar-refractivity contribution >= 4 is 53.5 Å². The third kappa shape index (κ3) is 10.3. The van der Waals surface area contributed by atoms with Crippen molar-refractivity contribution in [2.75, 3.05) is 4.90 Å². The maximum atomic E-state index is 14.9. The topological polar surface area (TPSA) is 3.24 Å². The molecule has 0 unspecified atom stereocenters. The van der Waals surface area contributed by atoms with E-state index >= 15 is 0 Å². The van der Waals surface area contributed by atoms with E-state index in [1.54, 1.807) is 18.2 Å². The molecule has 6 aromatic carbocycles. The van der Waals surface area contributed by atoms with Crippen molar-refractivity contribution in [2.45, 2.75) is 78.6 Å². The highest BCUT2D eigenvalue weighted by Gasteiger charge is 2.20. The fraction of sp³-hybridized carbons (Fsp3) is 0.222. The highest BCUT2D eigenvalue weighted by Crippen LogP contribution is 2.36. The fourth-order valence-electron chi connectivity index (χ4n) is 6.96. The molecule has 1 nitrogen and oxygen atoms in total. The van der Waals surface area contributed by atoms with Crippen LogP contribution >= 0.6 is 0 Å². The zero-order chi connectivity index (χ0) is 41.8. The lowest BCUT2D eigenvalue weighted by molar-refractivity contribution is 0.522. The van der Waals surface area contributed by atoms with Gasteiger partial charge in [0.2, 0.25) is 0 Å². The van der Waals surface area contributed by atoms with E-state index in [0.29, 0.717) is 16.7 Å². The summed E-state index contributed by atoms with van der Waals surface area (Å²) in [6.45, 7) is 18.1. The predicted molar refractivity (Wildman–Crippen MR) is 243 cm³/mol. The average molecular weight is 774 g/mol. The molecule has 0 radical (unpaired) electrons. The largest absolute Gasteiger partial charge is 0.311 e. The molecule has 0 aliphatic rings. The monoisotopic (exact) mass is 773 g/mol. The van der Waals surface area contributed by atoms with Gasteiger partial charge >= 0.3 is 0 Å². The maximum absolute atomic E-state index is 14.9. The van der Waals surface area contributed by atoms with E-state index in [-0.39, 0.29) is 33.7 Å². The van der Waals surface area contributed by atoms with Crippen molar-refractivity contribution in [1.29, 1.82) is 0 Å². The molecule has 0 heterocycles. The number of hydrogen-bond donors (Lipinski definition) is 0. The van der Waals surface area contributed by atoms with Gasteiger partial charge in [0.25, 0.3) is 0 Å². The van der Waals surface area contributed by atoms with E-state index in [2.05, 4.69) is 77.7 Å². The summed E-state index contributed by atoms with van der Waals surface area (Å²) < 4.78 is 44.6. The molecule has 0 N–H and O–H groups in total. The highest BCUT2D eigenvalue weighted by atomic mass is 19.1. The molecule has 4 heteroatoms. The standard InChI is InChI=1S/C54H54F3N/c1-52(2,3)46-31-22-40(34-49(46)55)13-10-37-16-25-43(26-17-37)58(44-27-18-38(19-28-44)11-14-41-23-32-47(50(56)35-41)53(4,5)6)45-29-20-39(21-30-45)12-15-42-24-33-48(51(57)36-42)54(7,8)9/h10-36H,1-9H3/b13-10+,14-11+,15-12+. The molecule has 0 bridgehead atoms. The van der Waals surface area contributed by atoms with Crippen LogP contribution in [0.3, 0.4) is 0 Å². The fourth-order valence-corrected chi connectivity index (χ4v) is 6.96. The van der Waals surface area contributed by atoms with Gasteiger partial charge in [-0.15, -0.1) is 0 Å². The average Bonchev–Trinajstić information content (AvgIpc) is 3.15. The Bertz CT molecular complexity index is 2170. The minimum atomic E-state index is -0.263. The molecule has 296 valence electrons. The van der Waals surface area contributed by atoms with Gasteiger partial charge in [0, 0.05) is 17.1 Å². The molecule has 0 amide bonds. The lowest BCUT2D eigenvalue weighted by Crippen LogP contribution is -2.13. The van der Waals surface area contributed by atoms with Crippen molar-refractivity contribution in [3.05, 3.63) is 195 Å². The van der Waals surface area contributed by atoms with Gasteiger partial charge in [0.15, 0.2) is 0 Å². The molecule has 0 saturated carbocycles. The van der Waals surface area contributed by atoms with Crippen molar-refractivity contribution < 1.29 is 13.2 Å². The van der Waals surface area contributed by atoms with Crippen LogP contribution in [-0.2, 0) is 16.2 Å². The molecule has 0 atom stereocenters. The van der Waals surface area contributed by atoms with Crippen LogP contribution < -0.4 is 4.90 Å². The van der Waals surface area contributed by atoms with E-state index in [1.165, 1.54) is 0 Å². The van der Waals surface area contributed by atoms with Gasteiger partial charge < -0.3 is 4.90 Å². The first-order valence-electron chi connectivity index (χ1n) is 19.9. The molecule has 0 fully saturated rings. The van der Waals surface area contributed by atoms with Crippen LogP contribution in [0.1, 0.15) is 112 Å². The molecule has 0 saturated heterocycles. The maximum Gasteiger partial charge on any atom is 0.127 e. The second-order valence-electron chi connectivity index (χ2n) is 18.1. The zero-order valence-corrected chi connectivity index (χ0v) is 35.2. The van der Waals surface area contributed by atoms with Crippen molar-refractivity contribution in [3.8, 4) is 0 Å². The Morgan fingerprint density at radius 1 is 0.310 bits per heavy atom. The number of hydrogen-bond acceptors (Lipinski definition) is 1. The van der Waals surface area contributed by atoms with Crippen LogP contribution in [0, 0.1) is 17.5 Å². The second kappa shape index (κ2) is 16.9. The van der Waals surface area contributed by atoms with E-state index < -0.39 is 0 Å². The first-order valence-corrected chi connectivity index (χ1v) is 19.9. The van der Waals surface area contributed by atoms with Crippen LogP contribution in [0.15, 0.2) is 127 Å². The normalized spacial score (nSPS) is 12.6. The van der Waals surface area contributed by atoms with Crippen molar-refractivity contribution in [2.24, 2.45) is 0 Å². The molecule has 0 aliphatic heterocycles. The Kier molecular flexibility index (Phi) is 12.2. The van der Waals surface area contributed by atoms with Crippen LogP contribution in [0.25, 0.3) is 36.5 Å². The number of nitrogens with zero attached hydrogens (tertiary/aromatic N) is 1. The predicted octanol–water partition coefficient (Wildman–Crippen LogP) is 16.0. The van der Waals surface area contributed by atoms with Gasteiger partial charge in [-0.25, -0.2) is 13.2 Å². The first kappa shape index (κ1) is 41.8. The summed E-state index contributed by atoms with van der Waals surface area (Å²) in [6, 6.07) is 41.1. The number of anilines is 3. The Morgan fingerprint density at radius 3 is 0.724 bits per heavy atom. The summed E-state index contributed by atoms with van der Waals surface area (Å²) in [5.74, 6) is -0.595. The van der Waals surface area contributed by atoms with Gasteiger partial charge in [-0.2, -0.15) is 0 Å². The number of benzene rings is 6. The van der Waals surface area contributed by atoms with Gasteiger partial charge in [-0.05, 0) is 121 Å². The molecular formula is C54H54F3N. The van der Waals surface area contributed by atoms with E-state index in [1.807, 2.05) is 135 Å². The third-order valence-corrected chi connectivity index (χ3v) is 10.3. The summed E-state index contributed by atoms with van der Waals surface area (Å²) in [5, 5.41) is 0. The van der Waals surface area contributed by atoms with Crippen LogP contribution in [0.4, 0.5) is 30.2 Å². The minimum absolute atomic E-state index is 0.198. The Labute approximate surface area is 343 Å². The Morgan fingerprint density at radius 2 is 0.517 bits per heavy atom. The summed E-state index contributed by atoms with van der Waals surface area (Å²) in [4.78, 5) is 2.19.